The minimum atomic E-state index is -1.55. The standard InChI is InChI=1S/C40H36Cl2N6O6/c1-23(2)34(36(50)38-47-46-33(54-38)19-26-13-9-10-24(3)18-26)43-32(49)21-48-31-17-16-27(41)20-29(31)35(28-14-7-8-15-30(28)42)44-37(39(48)51)45-40(52)53-22-25-11-5-4-6-12-25/h4-18,20,23,34,37H,19,21-22H2,1-3H3,(H,43,49)(H,45,52)/t34-,37+/m1/s1. The van der Waals surface area contributed by atoms with E-state index in [0.29, 0.717) is 27.6 Å². The third-order valence-corrected chi connectivity index (χ3v) is 9.11. The molecule has 0 radical (unpaired) electrons. The minimum absolute atomic E-state index is 0.0608. The summed E-state index contributed by atoms with van der Waals surface area (Å²) in [5, 5.41) is 14.0. The van der Waals surface area contributed by atoms with Crippen molar-refractivity contribution in [3.8, 4) is 0 Å². The number of nitrogens with one attached hydrogen (secondary N) is 2. The molecule has 14 heteroatoms. The molecule has 276 valence electrons. The van der Waals surface area contributed by atoms with Crippen LogP contribution in [-0.2, 0) is 27.4 Å². The average Bonchev–Trinajstić information content (AvgIpc) is 3.59. The number of benzene rings is 4. The smallest absolute Gasteiger partial charge is 0.409 e. The van der Waals surface area contributed by atoms with Crippen molar-refractivity contribution in [1.82, 2.24) is 20.8 Å². The maximum Gasteiger partial charge on any atom is 0.409 e. The van der Waals surface area contributed by atoms with Crippen LogP contribution in [0.4, 0.5) is 10.5 Å². The van der Waals surface area contributed by atoms with Crippen molar-refractivity contribution in [2.45, 2.75) is 46.0 Å². The van der Waals surface area contributed by atoms with Gasteiger partial charge in [-0.1, -0.05) is 115 Å². The molecule has 2 N–H and O–H groups in total. The minimum Gasteiger partial charge on any atom is -0.445 e. The van der Waals surface area contributed by atoms with Gasteiger partial charge in [0.1, 0.15) is 13.2 Å². The number of aryl methyl sites for hydroxylation is 1. The van der Waals surface area contributed by atoms with Gasteiger partial charge in [-0.3, -0.25) is 24.6 Å². The monoisotopic (exact) mass is 766 g/mol. The van der Waals surface area contributed by atoms with Crippen molar-refractivity contribution in [3.63, 3.8) is 0 Å². The Kier molecular flexibility index (Phi) is 11.8. The number of fused-ring (bicyclic) bond motifs is 1. The van der Waals surface area contributed by atoms with E-state index >= 15 is 0 Å². The normalized spacial score (nSPS) is 14.5. The van der Waals surface area contributed by atoms with Crippen molar-refractivity contribution >= 4 is 58.3 Å². The first-order valence-corrected chi connectivity index (χ1v) is 17.8. The predicted octanol–water partition coefficient (Wildman–Crippen LogP) is 6.74. The van der Waals surface area contributed by atoms with Crippen molar-refractivity contribution in [2.24, 2.45) is 10.9 Å². The number of hydrogen-bond acceptors (Lipinski definition) is 9. The number of amides is 3. The summed E-state index contributed by atoms with van der Waals surface area (Å²) >= 11 is 13.1. The van der Waals surface area contributed by atoms with Gasteiger partial charge >= 0.3 is 6.09 Å². The summed E-state index contributed by atoms with van der Waals surface area (Å²) in [4.78, 5) is 60.8. The Balaban J connectivity index is 1.27. The number of benzodiazepines with no additional fused rings is 1. The van der Waals surface area contributed by atoms with Gasteiger partial charge in [0, 0.05) is 21.2 Å². The first-order valence-electron chi connectivity index (χ1n) is 17.1. The first kappa shape index (κ1) is 37.9. The van der Waals surface area contributed by atoms with E-state index in [2.05, 4.69) is 25.8 Å². The largest absolute Gasteiger partial charge is 0.445 e. The van der Waals surface area contributed by atoms with Gasteiger partial charge in [-0.2, -0.15) is 0 Å². The highest BCUT2D eigenvalue weighted by molar-refractivity contribution is 6.37. The number of anilines is 1. The molecule has 4 aromatic carbocycles. The second-order valence-electron chi connectivity index (χ2n) is 13.0. The number of hydrogen-bond donors (Lipinski definition) is 2. The predicted molar refractivity (Wildman–Crippen MR) is 204 cm³/mol. The van der Waals surface area contributed by atoms with Crippen LogP contribution in [0.2, 0.25) is 10.0 Å². The van der Waals surface area contributed by atoms with Crippen LogP contribution < -0.4 is 15.5 Å². The Morgan fingerprint density at radius 1 is 0.889 bits per heavy atom. The van der Waals surface area contributed by atoms with E-state index in [1.54, 1.807) is 80.6 Å². The Morgan fingerprint density at radius 3 is 2.37 bits per heavy atom. The summed E-state index contributed by atoms with van der Waals surface area (Å²) in [6.45, 7) is 4.86. The fourth-order valence-electron chi connectivity index (χ4n) is 5.91. The molecule has 1 aliphatic heterocycles. The summed E-state index contributed by atoms with van der Waals surface area (Å²) in [5.41, 5.74) is 4.09. The van der Waals surface area contributed by atoms with Crippen LogP contribution >= 0.6 is 23.2 Å². The summed E-state index contributed by atoms with van der Waals surface area (Å²) in [7, 11) is 0. The molecule has 54 heavy (non-hydrogen) atoms. The maximum absolute atomic E-state index is 14.4. The number of alkyl carbamates (subject to hydrolysis) is 1. The second-order valence-corrected chi connectivity index (χ2v) is 13.8. The van der Waals surface area contributed by atoms with Gasteiger partial charge in [0.15, 0.2) is 0 Å². The number of ether oxygens (including phenoxy) is 1. The Morgan fingerprint density at radius 2 is 1.63 bits per heavy atom. The average molecular weight is 768 g/mol. The van der Waals surface area contributed by atoms with Crippen molar-refractivity contribution in [1.29, 1.82) is 0 Å². The van der Waals surface area contributed by atoms with Gasteiger partial charge < -0.3 is 14.5 Å². The molecule has 12 nitrogen and oxygen atoms in total. The van der Waals surface area contributed by atoms with Crippen LogP contribution in [0.5, 0.6) is 0 Å². The van der Waals surface area contributed by atoms with Gasteiger partial charge in [-0.15, -0.1) is 10.2 Å². The van der Waals surface area contributed by atoms with Gasteiger partial charge in [0.05, 0.1) is 23.9 Å². The third-order valence-electron chi connectivity index (χ3n) is 8.54. The molecule has 0 saturated carbocycles. The quantitative estimate of drug-likeness (QED) is 0.132. The zero-order valence-electron chi connectivity index (χ0n) is 29.6. The summed E-state index contributed by atoms with van der Waals surface area (Å²) in [6, 6.07) is 27.3. The van der Waals surface area contributed by atoms with E-state index in [-0.39, 0.29) is 29.8 Å². The molecule has 0 fully saturated rings. The topological polar surface area (TPSA) is 156 Å². The molecular formula is C40H36Cl2N6O6. The molecule has 1 aromatic heterocycles. The van der Waals surface area contributed by atoms with Gasteiger partial charge in [0.25, 0.3) is 11.8 Å². The summed E-state index contributed by atoms with van der Waals surface area (Å²) in [6.07, 6.45) is -2.14. The zero-order chi connectivity index (χ0) is 38.4. The second kappa shape index (κ2) is 16.9. The van der Waals surface area contributed by atoms with Crippen LogP contribution in [-0.4, -0.2) is 58.4 Å². The Labute approximate surface area is 321 Å². The number of rotatable bonds is 12. The van der Waals surface area contributed by atoms with E-state index in [1.165, 1.54) is 4.90 Å². The lowest BCUT2D eigenvalue weighted by Crippen LogP contribution is -2.53. The highest BCUT2D eigenvalue weighted by Gasteiger charge is 2.37. The van der Waals surface area contributed by atoms with E-state index in [1.807, 2.05) is 37.3 Å². The van der Waals surface area contributed by atoms with Crippen LogP contribution in [0.25, 0.3) is 0 Å². The van der Waals surface area contributed by atoms with Crippen LogP contribution in [0.15, 0.2) is 106 Å². The number of Topliss-reactive ketones (excluding diaryl/α,β-unsaturated/α-hetero) is 1. The SMILES string of the molecule is Cc1cccc(Cc2nnc(C(=O)[C@H](NC(=O)CN3C(=O)[C@H](NC(=O)OCc4ccccc4)N=C(c4ccccc4Cl)c4cc(Cl)ccc43)C(C)C)o2)c1. The molecule has 0 spiro atoms. The lowest BCUT2D eigenvalue weighted by atomic mass is 9.99. The fourth-order valence-corrected chi connectivity index (χ4v) is 6.30. The number of carbonyl (C=O) groups is 4. The van der Waals surface area contributed by atoms with Gasteiger partial charge in [0.2, 0.25) is 23.7 Å². The molecule has 6 rings (SSSR count). The molecule has 3 amide bonds. The van der Waals surface area contributed by atoms with E-state index in [4.69, 9.17) is 32.4 Å². The number of halogens is 2. The third kappa shape index (κ3) is 9.02. The summed E-state index contributed by atoms with van der Waals surface area (Å²) < 4.78 is 11.1. The number of nitrogens with zero attached hydrogens (tertiary/aromatic N) is 4. The number of carbonyl (C=O) groups excluding carboxylic acids is 4. The fraction of sp³-hybridized carbons (Fsp3) is 0.225. The summed E-state index contributed by atoms with van der Waals surface area (Å²) in [5.74, 6) is -2.42. The van der Waals surface area contributed by atoms with Crippen molar-refractivity contribution < 1.29 is 28.3 Å². The molecule has 1 aliphatic rings. The van der Waals surface area contributed by atoms with E-state index < -0.39 is 48.4 Å². The molecule has 2 atom stereocenters. The van der Waals surface area contributed by atoms with E-state index in [0.717, 1.165) is 16.7 Å². The van der Waals surface area contributed by atoms with Crippen LogP contribution in [0.1, 0.15) is 58.2 Å². The molecule has 0 saturated heterocycles. The van der Waals surface area contributed by atoms with Crippen LogP contribution in [0, 0.1) is 12.8 Å². The number of aromatic nitrogens is 2. The van der Waals surface area contributed by atoms with Crippen molar-refractivity contribution in [2.75, 3.05) is 11.4 Å². The van der Waals surface area contributed by atoms with E-state index in [9.17, 15) is 19.2 Å². The van der Waals surface area contributed by atoms with Crippen molar-refractivity contribution in [3.05, 3.63) is 147 Å². The molecular weight excluding hydrogens is 731 g/mol. The highest BCUT2D eigenvalue weighted by atomic mass is 35.5. The molecule has 2 heterocycles. The zero-order valence-corrected chi connectivity index (χ0v) is 31.1. The Bertz CT molecular complexity index is 2220. The highest BCUT2D eigenvalue weighted by Crippen LogP contribution is 2.32. The Hall–Kier alpha value is -5.85. The molecule has 0 unspecified atom stereocenters. The van der Waals surface area contributed by atoms with Crippen LogP contribution in [0.3, 0.4) is 0 Å². The molecule has 0 bridgehead atoms. The molecule has 5 aromatic rings. The lowest BCUT2D eigenvalue weighted by molar-refractivity contribution is -0.125. The maximum atomic E-state index is 14.4. The molecule has 0 aliphatic carbocycles. The van der Waals surface area contributed by atoms with Gasteiger partial charge in [-0.05, 0) is 48.2 Å². The van der Waals surface area contributed by atoms with Gasteiger partial charge in [-0.25, -0.2) is 9.79 Å². The number of ketones is 1. The number of aliphatic imine (C=N–C) groups is 1. The first-order chi connectivity index (χ1) is 26.0. The lowest BCUT2D eigenvalue weighted by Gasteiger charge is -2.26.